The third kappa shape index (κ3) is 4.22. The summed E-state index contributed by atoms with van der Waals surface area (Å²) in [5, 5.41) is 3.58. The zero-order chi connectivity index (χ0) is 18.7. The molecule has 2 aromatic carbocycles. The molecule has 0 unspecified atom stereocenters. The lowest BCUT2D eigenvalue weighted by Gasteiger charge is -2.31. The molecule has 1 N–H and O–H groups in total. The lowest BCUT2D eigenvalue weighted by atomic mass is 9.95. The van der Waals surface area contributed by atoms with E-state index >= 15 is 0 Å². The van der Waals surface area contributed by atoms with Crippen molar-refractivity contribution in [2.45, 2.75) is 19.8 Å². The molecule has 3 rings (SSSR count). The predicted molar refractivity (Wildman–Crippen MR) is 99.8 cm³/mol. The number of aryl methyl sites for hydroxylation is 1. The normalized spacial score (nSPS) is 15.0. The smallest absolute Gasteiger partial charge is 0.253 e. The van der Waals surface area contributed by atoms with Gasteiger partial charge in [-0.3, -0.25) is 9.59 Å². The van der Waals surface area contributed by atoms with Crippen LogP contribution in [-0.4, -0.2) is 29.8 Å². The molecule has 4 nitrogen and oxygen atoms in total. The molecular formula is C20H20ClFN2O2. The van der Waals surface area contributed by atoms with E-state index < -0.39 is 0 Å². The van der Waals surface area contributed by atoms with Gasteiger partial charge < -0.3 is 10.2 Å². The second kappa shape index (κ2) is 7.87. The van der Waals surface area contributed by atoms with Crippen LogP contribution in [0.25, 0.3) is 0 Å². The maximum Gasteiger partial charge on any atom is 0.253 e. The van der Waals surface area contributed by atoms with Crippen LogP contribution >= 0.6 is 11.6 Å². The maximum absolute atomic E-state index is 13.0. The molecule has 2 amide bonds. The van der Waals surface area contributed by atoms with Crippen molar-refractivity contribution in [2.75, 3.05) is 18.4 Å². The van der Waals surface area contributed by atoms with Crippen molar-refractivity contribution in [3.8, 4) is 0 Å². The standard InChI is InChI=1S/C20H20ClFN2O2/c1-13-12-16(21)4-7-18(13)23-19(25)14-8-10-24(11-9-14)20(26)15-2-5-17(22)6-3-15/h2-7,12,14H,8-11H2,1H3,(H,23,25). The summed E-state index contributed by atoms with van der Waals surface area (Å²) in [6, 6.07) is 10.9. The van der Waals surface area contributed by atoms with E-state index in [9.17, 15) is 14.0 Å². The Morgan fingerprint density at radius 3 is 2.38 bits per heavy atom. The minimum atomic E-state index is -0.366. The Labute approximate surface area is 157 Å². The van der Waals surface area contributed by atoms with Gasteiger partial charge in [-0.25, -0.2) is 4.39 Å². The summed E-state index contributed by atoms with van der Waals surface area (Å²) >= 11 is 5.94. The average Bonchev–Trinajstić information content (AvgIpc) is 2.64. The zero-order valence-corrected chi connectivity index (χ0v) is 15.2. The van der Waals surface area contributed by atoms with Crippen molar-refractivity contribution in [3.63, 3.8) is 0 Å². The molecular weight excluding hydrogens is 355 g/mol. The third-order valence-corrected chi connectivity index (χ3v) is 4.93. The number of amides is 2. The van der Waals surface area contributed by atoms with Gasteiger partial charge in [0.15, 0.2) is 0 Å². The lowest BCUT2D eigenvalue weighted by molar-refractivity contribution is -0.121. The summed E-state index contributed by atoms with van der Waals surface area (Å²) < 4.78 is 13.0. The van der Waals surface area contributed by atoms with Gasteiger partial charge in [-0.15, -0.1) is 0 Å². The Morgan fingerprint density at radius 2 is 1.77 bits per heavy atom. The Kier molecular flexibility index (Phi) is 5.57. The van der Waals surface area contributed by atoms with E-state index in [1.54, 1.807) is 23.1 Å². The van der Waals surface area contributed by atoms with Gasteiger partial charge in [0.1, 0.15) is 5.82 Å². The summed E-state index contributed by atoms with van der Waals surface area (Å²) in [4.78, 5) is 26.7. The summed E-state index contributed by atoms with van der Waals surface area (Å²) in [6.07, 6.45) is 1.21. The fraction of sp³-hybridized carbons (Fsp3) is 0.300. The molecule has 1 heterocycles. The summed E-state index contributed by atoms with van der Waals surface area (Å²) in [6.45, 7) is 2.91. The topological polar surface area (TPSA) is 49.4 Å². The summed E-state index contributed by atoms with van der Waals surface area (Å²) in [5.41, 5.74) is 2.13. The number of nitrogens with one attached hydrogen (secondary N) is 1. The Hall–Kier alpha value is -2.40. The Bertz CT molecular complexity index is 815. The van der Waals surface area contributed by atoms with E-state index in [1.165, 1.54) is 24.3 Å². The average molecular weight is 375 g/mol. The highest BCUT2D eigenvalue weighted by atomic mass is 35.5. The number of anilines is 1. The minimum Gasteiger partial charge on any atom is -0.339 e. The van der Waals surface area contributed by atoms with E-state index in [2.05, 4.69) is 5.32 Å². The van der Waals surface area contributed by atoms with E-state index in [-0.39, 0.29) is 23.5 Å². The number of benzene rings is 2. The van der Waals surface area contributed by atoms with Crippen LogP contribution in [0.1, 0.15) is 28.8 Å². The van der Waals surface area contributed by atoms with Crippen molar-refractivity contribution in [1.29, 1.82) is 0 Å². The van der Waals surface area contributed by atoms with Gasteiger partial charge >= 0.3 is 0 Å². The lowest BCUT2D eigenvalue weighted by Crippen LogP contribution is -2.41. The second-order valence-electron chi connectivity index (χ2n) is 6.52. The molecule has 1 fully saturated rings. The van der Waals surface area contributed by atoms with Crippen LogP contribution in [0.4, 0.5) is 10.1 Å². The highest BCUT2D eigenvalue weighted by Gasteiger charge is 2.28. The fourth-order valence-corrected chi connectivity index (χ4v) is 3.35. The molecule has 0 radical (unpaired) electrons. The van der Waals surface area contributed by atoms with Crippen LogP contribution in [0.15, 0.2) is 42.5 Å². The quantitative estimate of drug-likeness (QED) is 0.871. The number of carbonyl (C=O) groups is 2. The number of likely N-dealkylation sites (tertiary alicyclic amines) is 1. The number of hydrogen-bond donors (Lipinski definition) is 1. The van der Waals surface area contributed by atoms with Crippen LogP contribution in [0.3, 0.4) is 0 Å². The number of hydrogen-bond acceptors (Lipinski definition) is 2. The molecule has 136 valence electrons. The Morgan fingerprint density at radius 1 is 1.12 bits per heavy atom. The van der Waals surface area contributed by atoms with Gasteiger partial charge in [0.2, 0.25) is 5.91 Å². The maximum atomic E-state index is 13.0. The van der Waals surface area contributed by atoms with Gasteiger partial charge in [0, 0.05) is 35.3 Å². The first kappa shape index (κ1) is 18.4. The third-order valence-electron chi connectivity index (χ3n) is 4.69. The van der Waals surface area contributed by atoms with Gasteiger partial charge in [0.05, 0.1) is 0 Å². The van der Waals surface area contributed by atoms with Gasteiger partial charge in [-0.05, 0) is 67.8 Å². The van der Waals surface area contributed by atoms with Crippen LogP contribution in [0, 0.1) is 18.7 Å². The number of piperidine rings is 1. The van der Waals surface area contributed by atoms with Crippen LogP contribution in [0.5, 0.6) is 0 Å². The Balaban J connectivity index is 1.56. The molecule has 0 saturated carbocycles. The van der Waals surface area contributed by atoms with Gasteiger partial charge in [-0.1, -0.05) is 11.6 Å². The van der Waals surface area contributed by atoms with E-state index in [0.717, 1.165) is 11.3 Å². The molecule has 0 bridgehead atoms. The highest BCUT2D eigenvalue weighted by Crippen LogP contribution is 2.24. The molecule has 0 aromatic heterocycles. The van der Waals surface area contributed by atoms with Crippen molar-refractivity contribution in [3.05, 3.63) is 64.4 Å². The van der Waals surface area contributed by atoms with Gasteiger partial charge in [-0.2, -0.15) is 0 Å². The summed E-state index contributed by atoms with van der Waals surface area (Å²) in [7, 11) is 0. The monoisotopic (exact) mass is 374 g/mol. The number of halogens is 2. The molecule has 1 aliphatic rings. The molecule has 1 saturated heterocycles. The molecule has 0 atom stereocenters. The zero-order valence-electron chi connectivity index (χ0n) is 14.5. The first-order valence-electron chi connectivity index (χ1n) is 8.56. The van der Waals surface area contributed by atoms with E-state index in [1.807, 2.05) is 6.92 Å². The van der Waals surface area contributed by atoms with Gasteiger partial charge in [0.25, 0.3) is 5.91 Å². The highest BCUT2D eigenvalue weighted by molar-refractivity contribution is 6.30. The van der Waals surface area contributed by atoms with Crippen LogP contribution < -0.4 is 5.32 Å². The number of nitrogens with zero attached hydrogens (tertiary/aromatic N) is 1. The molecule has 6 heteroatoms. The predicted octanol–water partition coefficient (Wildman–Crippen LogP) is 4.28. The SMILES string of the molecule is Cc1cc(Cl)ccc1NC(=O)C1CCN(C(=O)c2ccc(F)cc2)CC1. The van der Waals surface area contributed by atoms with Crippen molar-refractivity contribution >= 4 is 29.1 Å². The van der Waals surface area contributed by atoms with Crippen LogP contribution in [-0.2, 0) is 4.79 Å². The van der Waals surface area contributed by atoms with Crippen molar-refractivity contribution < 1.29 is 14.0 Å². The first-order valence-corrected chi connectivity index (χ1v) is 8.93. The van der Waals surface area contributed by atoms with E-state index in [4.69, 9.17) is 11.6 Å². The molecule has 26 heavy (non-hydrogen) atoms. The fourth-order valence-electron chi connectivity index (χ4n) is 3.12. The number of rotatable bonds is 3. The van der Waals surface area contributed by atoms with Crippen LogP contribution in [0.2, 0.25) is 5.02 Å². The molecule has 0 spiro atoms. The first-order chi connectivity index (χ1) is 12.4. The minimum absolute atomic E-state index is 0.0377. The molecule has 1 aliphatic heterocycles. The van der Waals surface area contributed by atoms with Crippen molar-refractivity contribution in [2.24, 2.45) is 5.92 Å². The largest absolute Gasteiger partial charge is 0.339 e. The summed E-state index contributed by atoms with van der Waals surface area (Å²) in [5.74, 6) is -0.668. The van der Waals surface area contributed by atoms with E-state index in [0.29, 0.717) is 36.5 Å². The molecule has 0 aliphatic carbocycles. The number of carbonyl (C=O) groups excluding carboxylic acids is 2. The molecule has 2 aromatic rings. The second-order valence-corrected chi connectivity index (χ2v) is 6.96. The van der Waals surface area contributed by atoms with Crippen molar-refractivity contribution in [1.82, 2.24) is 4.90 Å².